The largest absolute Gasteiger partial charge is 0.508 e. The Morgan fingerprint density at radius 1 is 0.500 bits per heavy atom. The fraction of sp³-hybridized carbons (Fsp3) is 0.200. The summed E-state index contributed by atoms with van der Waals surface area (Å²) in [6.45, 7) is 7.42. The molecule has 0 saturated carbocycles. The second kappa shape index (κ2) is 10.1. The molecule has 6 nitrogen and oxygen atoms in total. The van der Waals surface area contributed by atoms with E-state index in [2.05, 4.69) is 10.4 Å². The second-order valence-electron chi connectivity index (χ2n) is 9.32. The number of nitroso groups, excluding NO2 is 2. The lowest BCUT2D eigenvalue weighted by atomic mass is 9.72. The van der Waals surface area contributed by atoms with Crippen molar-refractivity contribution in [3.05, 3.63) is 127 Å². The molecule has 0 atom stereocenters. The molecule has 0 aromatic heterocycles. The van der Waals surface area contributed by atoms with Crippen LogP contribution in [0, 0.1) is 37.5 Å². The highest BCUT2D eigenvalue weighted by Crippen LogP contribution is 2.46. The molecule has 4 rings (SSSR count). The molecule has 6 heteroatoms. The van der Waals surface area contributed by atoms with Crippen LogP contribution in [-0.2, 0) is 0 Å². The predicted octanol–water partition coefficient (Wildman–Crippen LogP) is 8.09. The highest BCUT2D eigenvalue weighted by molar-refractivity contribution is 5.56. The minimum absolute atomic E-state index is 0.213. The average molecular weight is 481 g/mol. The van der Waals surface area contributed by atoms with Gasteiger partial charge in [-0.3, -0.25) is 0 Å². The fourth-order valence-electron chi connectivity index (χ4n) is 4.85. The Labute approximate surface area is 210 Å². The van der Waals surface area contributed by atoms with Crippen LogP contribution in [-0.4, -0.2) is 10.2 Å². The number of aryl methyl sites for hydroxylation is 4. The lowest BCUT2D eigenvalue weighted by molar-refractivity contribution is 0.470. The third kappa shape index (κ3) is 4.75. The molecule has 36 heavy (non-hydrogen) atoms. The van der Waals surface area contributed by atoms with E-state index in [0.29, 0.717) is 11.4 Å². The molecule has 0 radical (unpaired) electrons. The van der Waals surface area contributed by atoms with Crippen LogP contribution in [0.2, 0.25) is 0 Å². The van der Waals surface area contributed by atoms with Gasteiger partial charge in [0.15, 0.2) is 0 Å². The van der Waals surface area contributed by atoms with Gasteiger partial charge in [0.05, 0.1) is 0 Å². The Morgan fingerprint density at radius 3 is 1.08 bits per heavy atom. The van der Waals surface area contributed by atoms with E-state index < -0.39 is 0 Å². The number of phenols is 2. The summed E-state index contributed by atoms with van der Waals surface area (Å²) >= 11 is 0. The maximum absolute atomic E-state index is 11.3. The van der Waals surface area contributed by atoms with E-state index >= 15 is 0 Å². The zero-order valence-corrected chi connectivity index (χ0v) is 20.7. The highest BCUT2D eigenvalue weighted by atomic mass is 16.3. The van der Waals surface area contributed by atoms with Gasteiger partial charge in [0.2, 0.25) is 0 Å². The van der Waals surface area contributed by atoms with Gasteiger partial charge in [-0.05, 0) is 107 Å². The van der Waals surface area contributed by atoms with E-state index in [0.717, 1.165) is 44.5 Å². The first-order valence-corrected chi connectivity index (χ1v) is 11.7. The molecule has 4 aromatic carbocycles. The maximum Gasteiger partial charge on any atom is 0.118 e. The summed E-state index contributed by atoms with van der Waals surface area (Å²) in [5, 5.41) is 26.7. The minimum Gasteiger partial charge on any atom is -0.508 e. The molecule has 0 fully saturated rings. The molecule has 2 N–H and O–H groups in total. The predicted molar refractivity (Wildman–Crippen MR) is 143 cm³/mol. The summed E-state index contributed by atoms with van der Waals surface area (Å²) in [6, 6.07) is 22.3. The minimum atomic E-state index is -0.225. The van der Waals surface area contributed by atoms with E-state index in [4.69, 9.17) is 0 Å². The Balaban J connectivity index is 2.04. The van der Waals surface area contributed by atoms with Gasteiger partial charge in [0.25, 0.3) is 0 Å². The third-order valence-electron chi connectivity index (χ3n) is 6.85. The van der Waals surface area contributed by atoms with Gasteiger partial charge in [-0.15, -0.1) is 9.81 Å². The molecule has 0 bridgehead atoms. The molecule has 0 heterocycles. The summed E-state index contributed by atoms with van der Waals surface area (Å²) in [5.41, 5.74) is 7.67. The Hall–Kier alpha value is -4.32. The zero-order chi connectivity index (χ0) is 26.0. The molecule has 0 aliphatic carbocycles. The van der Waals surface area contributed by atoms with Crippen LogP contribution in [0.15, 0.2) is 83.2 Å². The van der Waals surface area contributed by atoms with Gasteiger partial charge in [-0.25, -0.2) is 0 Å². The van der Waals surface area contributed by atoms with E-state index in [1.165, 1.54) is 0 Å². The molecule has 0 amide bonds. The SMILES string of the molecule is Cc1cc(C(c2ccc(O)c(C)c2)C(c2ccc(N=O)c(C)c2)c2ccc(N=O)c(C)c2)ccc1O. The molecule has 0 spiro atoms. The second-order valence-corrected chi connectivity index (χ2v) is 9.32. The van der Waals surface area contributed by atoms with Crippen molar-refractivity contribution in [2.24, 2.45) is 10.4 Å². The highest BCUT2D eigenvalue weighted by Gasteiger charge is 2.30. The quantitative estimate of drug-likeness (QED) is 0.261. The Morgan fingerprint density at radius 2 is 0.806 bits per heavy atom. The van der Waals surface area contributed by atoms with Crippen molar-refractivity contribution in [3.63, 3.8) is 0 Å². The Bertz CT molecular complexity index is 1350. The summed E-state index contributed by atoms with van der Waals surface area (Å²) < 4.78 is 0. The van der Waals surface area contributed by atoms with E-state index in [9.17, 15) is 20.0 Å². The monoisotopic (exact) mass is 480 g/mol. The van der Waals surface area contributed by atoms with Crippen molar-refractivity contribution < 1.29 is 10.2 Å². The smallest absolute Gasteiger partial charge is 0.118 e. The number of rotatable bonds is 7. The molecule has 4 aromatic rings. The number of benzene rings is 4. The summed E-state index contributed by atoms with van der Waals surface area (Å²) in [6.07, 6.45) is 0. The van der Waals surface area contributed by atoms with Crippen molar-refractivity contribution in [2.75, 3.05) is 0 Å². The van der Waals surface area contributed by atoms with Gasteiger partial charge in [0.1, 0.15) is 22.9 Å². The van der Waals surface area contributed by atoms with Gasteiger partial charge in [0, 0.05) is 11.8 Å². The van der Waals surface area contributed by atoms with Gasteiger partial charge in [-0.1, -0.05) is 48.5 Å². The van der Waals surface area contributed by atoms with Crippen LogP contribution in [0.4, 0.5) is 11.4 Å². The van der Waals surface area contributed by atoms with Crippen LogP contribution < -0.4 is 0 Å². The first kappa shape index (κ1) is 24.8. The number of hydrogen-bond donors (Lipinski definition) is 2. The topological polar surface area (TPSA) is 99.3 Å². The van der Waals surface area contributed by atoms with Crippen molar-refractivity contribution in [1.82, 2.24) is 0 Å². The lowest BCUT2D eigenvalue weighted by Crippen LogP contribution is -2.15. The van der Waals surface area contributed by atoms with Gasteiger partial charge >= 0.3 is 0 Å². The van der Waals surface area contributed by atoms with Crippen molar-refractivity contribution in [2.45, 2.75) is 39.5 Å². The van der Waals surface area contributed by atoms with Crippen LogP contribution in [0.5, 0.6) is 11.5 Å². The Kier molecular flexibility index (Phi) is 6.97. The first-order valence-electron chi connectivity index (χ1n) is 11.7. The summed E-state index contributed by atoms with van der Waals surface area (Å²) in [7, 11) is 0. The number of aromatic hydroxyl groups is 2. The van der Waals surface area contributed by atoms with Crippen LogP contribution in [0.25, 0.3) is 0 Å². The maximum atomic E-state index is 11.3. The lowest BCUT2D eigenvalue weighted by Gasteiger charge is -2.31. The summed E-state index contributed by atoms with van der Waals surface area (Å²) in [4.78, 5) is 22.5. The van der Waals surface area contributed by atoms with Crippen molar-refractivity contribution in [3.8, 4) is 11.5 Å². The molecule has 0 aliphatic rings. The average Bonchev–Trinajstić information content (AvgIpc) is 2.86. The summed E-state index contributed by atoms with van der Waals surface area (Å²) in [5.74, 6) is -0.0138. The standard InChI is InChI=1S/C30H28N2O4/c1-17-13-21(5-9-25(17)31-35)29(22-6-10-26(32-36)18(2)14-22)30(23-7-11-27(33)19(3)15-23)24-8-12-28(34)20(4)16-24/h5-16,29-30,33-34H,1-4H3. The van der Waals surface area contributed by atoms with Gasteiger partial charge in [-0.2, -0.15) is 0 Å². The fourth-order valence-corrected chi connectivity index (χ4v) is 4.85. The van der Waals surface area contributed by atoms with E-state index in [1.807, 2.05) is 76.2 Å². The normalized spacial score (nSPS) is 11.2. The van der Waals surface area contributed by atoms with Gasteiger partial charge < -0.3 is 10.2 Å². The number of hydrogen-bond acceptors (Lipinski definition) is 6. The van der Waals surface area contributed by atoms with Crippen molar-refractivity contribution >= 4 is 11.4 Å². The molecule has 0 aliphatic heterocycles. The molecular formula is C30H28N2O4. The number of nitrogens with zero attached hydrogens (tertiary/aromatic N) is 2. The molecular weight excluding hydrogens is 452 g/mol. The third-order valence-corrected chi connectivity index (χ3v) is 6.85. The van der Waals surface area contributed by atoms with E-state index in [-0.39, 0.29) is 23.3 Å². The first-order chi connectivity index (χ1) is 17.2. The molecule has 182 valence electrons. The zero-order valence-electron chi connectivity index (χ0n) is 20.7. The molecule has 0 saturated heterocycles. The van der Waals surface area contributed by atoms with Crippen molar-refractivity contribution in [1.29, 1.82) is 0 Å². The van der Waals surface area contributed by atoms with Crippen LogP contribution in [0.1, 0.15) is 56.3 Å². The van der Waals surface area contributed by atoms with E-state index in [1.54, 1.807) is 24.3 Å². The number of phenolic OH excluding ortho intramolecular Hbond substituents is 2. The molecule has 0 unspecified atom stereocenters. The van der Waals surface area contributed by atoms with Crippen LogP contribution in [0.3, 0.4) is 0 Å². The van der Waals surface area contributed by atoms with Crippen LogP contribution >= 0.6 is 0 Å².